The van der Waals surface area contributed by atoms with Crippen molar-refractivity contribution in [2.24, 2.45) is 0 Å². The van der Waals surface area contributed by atoms with Gasteiger partial charge in [-0.25, -0.2) is 21.6 Å². The summed E-state index contributed by atoms with van der Waals surface area (Å²) in [5, 5.41) is 2.77. The molecule has 0 aromatic carbocycles. The van der Waals surface area contributed by atoms with Gasteiger partial charge in [0.25, 0.3) is 0 Å². The summed E-state index contributed by atoms with van der Waals surface area (Å²) in [6.45, 7) is 0.778. The molecule has 0 aliphatic rings. The summed E-state index contributed by atoms with van der Waals surface area (Å²) in [6, 6.07) is 0. The third-order valence-corrected chi connectivity index (χ3v) is 4.01. The van der Waals surface area contributed by atoms with Crippen LogP contribution in [-0.4, -0.2) is 54.7 Å². The van der Waals surface area contributed by atoms with Crippen LogP contribution in [0.25, 0.3) is 0 Å². The molecule has 6 nitrogen and oxygen atoms in total. The number of rotatable bonds is 7. The maximum absolute atomic E-state index is 11.1. The second kappa shape index (κ2) is 5.64. The zero-order valence-corrected chi connectivity index (χ0v) is 9.91. The van der Waals surface area contributed by atoms with E-state index in [1.54, 1.807) is 7.05 Å². The van der Waals surface area contributed by atoms with Gasteiger partial charge in [0.15, 0.2) is 0 Å². The molecular formula is C6H16N2O4S2. The van der Waals surface area contributed by atoms with Crippen molar-refractivity contribution < 1.29 is 16.8 Å². The van der Waals surface area contributed by atoms with Crippen molar-refractivity contribution in [3.05, 3.63) is 0 Å². The smallest absolute Gasteiger partial charge is 0.212 e. The molecule has 8 heteroatoms. The van der Waals surface area contributed by atoms with Gasteiger partial charge < -0.3 is 5.32 Å². The van der Waals surface area contributed by atoms with E-state index in [2.05, 4.69) is 10.0 Å². The molecule has 0 bridgehead atoms. The number of nitrogens with one attached hydrogen (secondary N) is 2. The van der Waals surface area contributed by atoms with Crippen molar-refractivity contribution in [1.29, 1.82) is 0 Å². The van der Waals surface area contributed by atoms with Gasteiger partial charge in [-0.1, -0.05) is 0 Å². The monoisotopic (exact) mass is 244 g/mol. The molecule has 0 atom stereocenters. The fraction of sp³-hybridized carbons (Fsp3) is 1.00. The van der Waals surface area contributed by atoms with Gasteiger partial charge in [-0.2, -0.15) is 0 Å². The van der Waals surface area contributed by atoms with Crippen LogP contribution in [-0.2, 0) is 19.9 Å². The first-order chi connectivity index (χ1) is 6.27. The Bertz CT molecular complexity index is 346. The highest BCUT2D eigenvalue weighted by Crippen LogP contribution is 1.88. The molecule has 0 aliphatic heterocycles. The largest absolute Gasteiger partial charge is 0.318 e. The van der Waals surface area contributed by atoms with Crippen LogP contribution in [0, 0.1) is 0 Å². The SMILES string of the molecule is CNCCNS(=O)(=O)CCS(C)(=O)=O. The molecule has 0 saturated heterocycles. The van der Waals surface area contributed by atoms with Crippen molar-refractivity contribution in [3.8, 4) is 0 Å². The number of sulfone groups is 1. The number of likely N-dealkylation sites (N-methyl/N-ethyl adjacent to an activating group) is 1. The molecule has 0 saturated carbocycles. The Labute approximate surface area is 85.0 Å². The van der Waals surface area contributed by atoms with Crippen LogP contribution in [0.1, 0.15) is 0 Å². The van der Waals surface area contributed by atoms with Crippen molar-refractivity contribution in [2.45, 2.75) is 0 Å². The van der Waals surface area contributed by atoms with Gasteiger partial charge in [-0.05, 0) is 7.05 Å². The lowest BCUT2D eigenvalue weighted by Gasteiger charge is -2.05. The van der Waals surface area contributed by atoms with E-state index < -0.39 is 19.9 Å². The van der Waals surface area contributed by atoms with Crippen LogP contribution in [0.3, 0.4) is 0 Å². The predicted octanol–water partition coefficient (Wildman–Crippen LogP) is -1.83. The van der Waals surface area contributed by atoms with Crippen molar-refractivity contribution in [2.75, 3.05) is 37.9 Å². The Kier molecular flexibility index (Phi) is 5.57. The fourth-order valence-corrected chi connectivity index (χ4v) is 3.31. The van der Waals surface area contributed by atoms with E-state index in [1.807, 2.05) is 0 Å². The predicted molar refractivity (Wildman–Crippen MR) is 55.4 cm³/mol. The maximum Gasteiger partial charge on any atom is 0.212 e. The highest BCUT2D eigenvalue weighted by atomic mass is 32.2. The van der Waals surface area contributed by atoms with Crippen molar-refractivity contribution in [3.63, 3.8) is 0 Å². The Hall–Kier alpha value is -0.180. The van der Waals surface area contributed by atoms with Crippen LogP contribution >= 0.6 is 0 Å². The molecular weight excluding hydrogens is 228 g/mol. The summed E-state index contributed by atoms with van der Waals surface area (Å²) < 4.78 is 46.0. The maximum atomic E-state index is 11.1. The second-order valence-corrected chi connectivity index (χ2v) is 7.13. The fourth-order valence-electron chi connectivity index (χ4n) is 0.665. The van der Waals surface area contributed by atoms with Gasteiger partial charge in [-0.3, -0.25) is 0 Å². The Morgan fingerprint density at radius 2 is 1.57 bits per heavy atom. The standard InChI is InChI=1S/C6H16N2O4S2/c1-7-3-4-8-14(11,12)6-5-13(2,9)10/h7-8H,3-6H2,1-2H3. The molecule has 0 aliphatic carbocycles. The summed E-state index contributed by atoms with van der Waals surface area (Å²) in [6.07, 6.45) is 1.01. The van der Waals surface area contributed by atoms with E-state index in [9.17, 15) is 16.8 Å². The summed E-state index contributed by atoms with van der Waals surface area (Å²) in [5.74, 6) is -0.725. The van der Waals surface area contributed by atoms with E-state index in [0.717, 1.165) is 6.26 Å². The molecule has 0 aromatic rings. The summed E-state index contributed by atoms with van der Waals surface area (Å²) in [7, 11) is -4.98. The molecule has 86 valence electrons. The average Bonchev–Trinajstić information content (AvgIpc) is 2.00. The van der Waals surface area contributed by atoms with Gasteiger partial charge in [0, 0.05) is 19.3 Å². The molecule has 0 fully saturated rings. The Balaban J connectivity index is 3.97. The van der Waals surface area contributed by atoms with Gasteiger partial charge in [0.2, 0.25) is 10.0 Å². The molecule has 0 heterocycles. The van der Waals surface area contributed by atoms with Crippen LogP contribution in [0.15, 0.2) is 0 Å². The van der Waals surface area contributed by atoms with Crippen LogP contribution in [0.2, 0.25) is 0 Å². The first-order valence-electron chi connectivity index (χ1n) is 4.06. The molecule has 2 N–H and O–H groups in total. The summed E-state index contributed by atoms with van der Waals surface area (Å²) in [4.78, 5) is 0. The molecule has 14 heavy (non-hydrogen) atoms. The third kappa shape index (κ3) is 8.42. The number of hydrogen-bond donors (Lipinski definition) is 2. The average molecular weight is 244 g/mol. The third-order valence-electron chi connectivity index (χ3n) is 1.42. The lowest BCUT2D eigenvalue weighted by Crippen LogP contribution is -2.34. The first-order valence-corrected chi connectivity index (χ1v) is 7.78. The van der Waals surface area contributed by atoms with Crippen molar-refractivity contribution >= 4 is 19.9 Å². The first kappa shape index (κ1) is 13.8. The zero-order valence-electron chi connectivity index (χ0n) is 8.28. The molecule has 0 amide bonds. The summed E-state index contributed by atoms with van der Waals surface area (Å²) >= 11 is 0. The zero-order chi connectivity index (χ0) is 11.2. The van der Waals surface area contributed by atoms with Gasteiger partial charge in [-0.15, -0.1) is 0 Å². The Morgan fingerprint density at radius 1 is 1.00 bits per heavy atom. The Morgan fingerprint density at radius 3 is 2.00 bits per heavy atom. The molecule has 0 aromatic heterocycles. The molecule has 0 unspecified atom stereocenters. The van der Waals surface area contributed by atoms with Crippen LogP contribution in [0.5, 0.6) is 0 Å². The number of hydrogen-bond acceptors (Lipinski definition) is 5. The van der Waals surface area contributed by atoms with Gasteiger partial charge in [0.05, 0.1) is 11.5 Å². The minimum atomic E-state index is -3.46. The lowest BCUT2D eigenvalue weighted by atomic mass is 10.7. The second-order valence-electron chi connectivity index (χ2n) is 2.95. The topological polar surface area (TPSA) is 92.3 Å². The summed E-state index contributed by atoms with van der Waals surface area (Å²) in [5.41, 5.74) is 0. The van der Waals surface area contributed by atoms with Crippen LogP contribution in [0.4, 0.5) is 0 Å². The van der Waals surface area contributed by atoms with Crippen molar-refractivity contribution in [1.82, 2.24) is 10.0 Å². The van der Waals surface area contributed by atoms with Gasteiger partial charge in [0.1, 0.15) is 9.84 Å². The van der Waals surface area contributed by atoms with Gasteiger partial charge >= 0.3 is 0 Å². The lowest BCUT2D eigenvalue weighted by molar-refractivity contribution is 0.577. The highest BCUT2D eigenvalue weighted by Gasteiger charge is 2.13. The van der Waals surface area contributed by atoms with E-state index in [-0.39, 0.29) is 18.1 Å². The van der Waals surface area contributed by atoms with E-state index in [4.69, 9.17) is 0 Å². The quantitative estimate of drug-likeness (QED) is 0.514. The normalized spacial score (nSPS) is 13.0. The molecule has 0 radical (unpaired) electrons. The minimum Gasteiger partial charge on any atom is -0.318 e. The van der Waals surface area contributed by atoms with E-state index >= 15 is 0 Å². The minimum absolute atomic E-state index is 0.266. The number of sulfonamides is 1. The highest BCUT2D eigenvalue weighted by molar-refractivity contribution is 7.93. The molecule has 0 spiro atoms. The van der Waals surface area contributed by atoms with E-state index in [0.29, 0.717) is 6.54 Å². The van der Waals surface area contributed by atoms with E-state index in [1.165, 1.54) is 0 Å². The van der Waals surface area contributed by atoms with Crippen LogP contribution < -0.4 is 10.0 Å². The molecule has 0 rings (SSSR count).